The summed E-state index contributed by atoms with van der Waals surface area (Å²) in [5.41, 5.74) is 0. The fourth-order valence-electron chi connectivity index (χ4n) is 9.23. The molecule has 0 heterocycles. The minimum atomic E-state index is -4.94. The minimum absolute atomic E-state index is 0.0845. The third-order valence-corrected chi connectivity index (χ3v) is 16.6. The van der Waals surface area contributed by atoms with E-state index in [1.807, 2.05) is 0 Å². The first-order chi connectivity index (χ1) is 47.2. The molecule has 0 bridgehead atoms. The highest BCUT2D eigenvalue weighted by atomic mass is 31.2. The molecular formula is C79H130O16P2. The Kier molecular flexibility index (Phi) is 67.5. The number of unbranched alkanes of at least 4 members (excludes halogenated alkanes) is 19. The number of rotatable bonds is 68. The third-order valence-electron chi connectivity index (χ3n) is 14.7. The monoisotopic (exact) mass is 1400 g/mol. The molecule has 0 radical (unpaired) electrons. The number of carbonyl (C=O) groups is 3. The second-order valence-corrected chi connectivity index (χ2v) is 26.9. The van der Waals surface area contributed by atoms with Gasteiger partial charge >= 0.3 is 33.6 Å². The smallest absolute Gasteiger partial charge is 0.463 e. The Labute approximate surface area is 587 Å². The standard InChI is InChI=1S/C79H130O16P2/c1-4-7-10-13-16-19-22-25-28-31-33-34-35-36-37-38-40-43-44-47-50-53-56-59-62-65-77(82)89-68-74(80)69-91-96(85,86)92-70-75(81)71-93-97(87,88)94-73-76(95-79(84)67-64-61-58-55-52-49-46-41-30-27-24-21-18-15-12-9-6-3)72-90-78(83)66-63-60-57-54-51-48-45-42-39-32-29-26-23-20-17-14-11-8-5-2/h7-12,16-21,25-30,33-34,36-37,39-40,42-43,74-76,80-81H,4-6,13-15,22-24,31-32,35,38,41,44-73H2,1-3H3,(H,85,86)(H,87,88)/b10-7-,11-8-,12-9-,19-16-,20-17-,21-18-,28-25-,29-26-,30-27-,34-33-,37-36-,42-39-,43-40-. The minimum Gasteiger partial charge on any atom is -0.463 e. The number of phosphoric ester groups is 2. The molecule has 5 unspecified atom stereocenters. The van der Waals surface area contributed by atoms with Gasteiger partial charge in [-0.2, -0.15) is 0 Å². The molecule has 5 atom stereocenters. The van der Waals surface area contributed by atoms with Crippen LogP contribution in [0, 0.1) is 0 Å². The van der Waals surface area contributed by atoms with E-state index in [1.165, 1.54) is 0 Å². The molecule has 0 aromatic carbocycles. The number of hydrogen-bond acceptors (Lipinski definition) is 14. The highest BCUT2D eigenvalue weighted by Gasteiger charge is 2.29. The summed E-state index contributed by atoms with van der Waals surface area (Å²) >= 11 is 0. The van der Waals surface area contributed by atoms with Gasteiger partial charge in [0.2, 0.25) is 0 Å². The van der Waals surface area contributed by atoms with Crippen LogP contribution in [0.1, 0.15) is 265 Å². The maximum Gasteiger partial charge on any atom is 0.472 e. The fourth-order valence-corrected chi connectivity index (χ4v) is 10.8. The van der Waals surface area contributed by atoms with Crippen LogP contribution in [0.4, 0.5) is 0 Å². The van der Waals surface area contributed by atoms with Crippen LogP contribution in [-0.2, 0) is 55.8 Å². The van der Waals surface area contributed by atoms with E-state index in [4.69, 9.17) is 32.3 Å². The van der Waals surface area contributed by atoms with Crippen LogP contribution >= 0.6 is 15.6 Å². The predicted molar refractivity (Wildman–Crippen MR) is 399 cm³/mol. The van der Waals surface area contributed by atoms with Gasteiger partial charge < -0.3 is 34.2 Å². The average molecular weight is 1400 g/mol. The van der Waals surface area contributed by atoms with Crippen LogP contribution in [0.2, 0.25) is 0 Å². The van der Waals surface area contributed by atoms with Crippen LogP contribution in [0.5, 0.6) is 0 Å². The van der Waals surface area contributed by atoms with Gasteiger partial charge in [0.05, 0.1) is 26.4 Å². The van der Waals surface area contributed by atoms with Crippen molar-refractivity contribution in [3.05, 3.63) is 158 Å². The lowest BCUT2D eigenvalue weighted by molar-refractivity contribution is -0.161. The van der Waals surface area contributed by atoms with Gasteiger partial charge in [-0.25, -0.2) is 9.13 Å². The van der Waals surface area contributed by atoms with E-state index < -0.39 is 91.5 Å². The summed E-state index contributed by atoms with van der Waals surface area (Å²) in [5, 5.41) is 20.6. The van der Waals surface area contributed by atoms with Crippen molar-refractivity contribution in [2.75, 3.05) is 39.6 Å². The summed E-state index contributed by atoms with van der Waals surface area (Å²) in [7, 11) is -9.81. The molecule has 0 aromatic heterocycles. The van der Waals surface area contributed by atoms with Crippen LogP contribution in [0.15, 0.2) is 158 Å². The number of hydrogen-bond donors (Lipinski definition) is 4. The molecule has 0 spiro atoms. The molecule has 0 aliphatic rings. The lowest BCUT2D eigenvalue weighted by Gasteiger charge is -2.21. The van der Waals surface area contributed by atoms with E-state index in [9.17, 15) is 43.5 Å². The van der Waals surface area contributed by atoms with Gasteiger partial charge in [0.25, 0.3) is 0 Å². The third kappa shape index (κ3) is 72.2. The van der Waals surface area contributed by atoms with Crippen molar-refractivity contribution in [2.24, 2.45) is 0 Å². The molecular weight excluding hydrogens is 1270 g/mol. The average Bonchev–Trinajstić information content (AvgIpc) is 2.50. The van der Waals surface area contributed by atoms with Gasteiger partial charge in [0.1, 0.15) is 25.4 Å². The highest BCUT2D eigenvalue weighted by Crippen LogP contribution is 2.45. The van der Waals surface area contributed by atoms with Crippen molar-refractivity contribution in [3.8, 4) is 0 Å². The number of aliphatic hydroxyl groups excluding tert-OH is 2. The van der Waals surface area contributed by atoms with E-state index in [-0.39, 0.29) is 19.3 Å². The Morgan fingerprint density at radius 3 is 0.814 bits per heavy atom. The van der Waals surface area contributed by atoms with Crippen LogP contribution in [-0.4, -0.2) is 95.9 Å². The first-order valence-corrected chi connectivity index (χ1v) is 39.8. The molecule has 0 aliphatic heterocycles. The SMILES string of the molecule is CC/C=C\C/C=C\C/C=C\C/C=C\C/C=C\C/C=C\CCCCCCCCC(=O)OCC(O)COP(=O)(O)OCC(O)COP(=O)(O)OCC(COC(=O)CCCCCCCC/C=C\C/C=C\C/C=C\C/C=C\CC)OC(=O)CCCCCCCCC/C=C\C/C=C\C/C=C\CC. The van der Waals surface area contributed by atoms with Gasteiger partial charge in [0, 0.05) is 19.3 Å². The Hall–Kier alpha value is -4.83. The van der Waals surface area contributed by atoms with E-state index >= 15 is 0 Å². The molecule has 16 nitrogen and oxygen atoms in total. The van der Waals surface area contributed by atoms with Gasteiger partial charge in [-0.1, -0.05) is 262 Å². The predicted octanol–water partition coefficient (Wildman–Crippen LogP) is 21.1. The molecule has 0 fully saturated rings. The number of allylic oxidation sites excluding steroid dienone is 26. The second kappa shape index (κ2) is 71.0. The van der Waals surface area contributed by atoms with E-state index in [0.29, 0.717) is 19.3 Å². The van der Waals surface area contributed by atoms with Crippen molar-refractivity contribution in [3.63, 3.8) is 0 Å². The van der Waals surface area contributed by atoms with E-state index in [2.05, 4.69) is 179 Å². The van der Waals surface area contributed by atoms with Gasteiger partial charge in [-0.05, 0) is 141 Å². The second-order valence-electron chi connectivity index (χ2n) is 23.9. The Morgan fingerprint density at radius 2 is 0.515 bits per heavy atom. The number of esters is 3. The molecule has 4 N–H and O–H groups in total. The fraction of sp³-hybridized carbons (Fsp3) is 0.633. The maximum atomic E-state index is 13.0. The molecule has 0 rings (SSSR count). The van der Waals surface area contributed by atoms with Crippen LogP contribution in [0.3, 0.4) is 0 Å². The number of ether oxygens (including phenoxy) is 3. The highest BCUT2D eigenvalue weighted by molar-refractivity contribution is 7.47. The zero-order valence-electron chi connectivity index (χ0n) is 59.9. The van der Waals surface area contributed by atoms with Crippen molar-refractivity contribution in [2.45, 2.75) is 283 Å². The summed E-state index contributed by atoms with van der Waals surface area (Å²) < 4.78 is 61.0. The quantitative estimate of drug-likeness (QED) is 0.0146. The number of aliphatic hydroxyl groups is 2. The van der Waals surface area contributed by atoms with Gasteiger partial charge in [0.15, 0.2) is 6.10 Å². The van der Waals surface area contributed by atoms with Crippen molar-refractivity contribution >= 4 is 33.6 Å². The zero-order valence-corrected chi connectivity index (χ0v) is 61.7. The summed E-state index contributed by atoms with van der Waals surface area (Å²) in [6.45, 7) is 2.28. The first kappa shape index (κ1) is 92.2. The van der Waals surface area contributed by atoms with Gasteiger partial charge in [-0.3, -0.25) is 32.5 Å². The summed E-state index contributed by atoms with van der Waals surface area (Å²) in [5.74, 6) is -1.62. The molecule has 18 heteroatoms. The molecule has 552 valence electrons. The van der Waals surface area contributed by atoms with E-state index in [1.54, 1.807) is 0 Å². The maximum absolute atomic E-state index is 13.0. The molecule has 0 saturated heterocycles. The molecule has 0 saturated carbocycles. The van der Waals surface area contributed by atoms with Crippen LogP contribution in [0.25, 0.3) is 0 Å². The lowest BCUT2D eigenvalue weighted by atomic mass is 10.1. The van der Waals surface area contributed by atoms with Crippen molar-refractivity contribution < 1.29 is 75.8 Å². The topological polar surface area (TPSA) is 231 Å². The Balaban J connectivity index is 4.67. The first-order valence-electron chi connectivity index (χ1n) is 36.8. The van der Waals surface area contributed by atoms with Gasteiger partial charge in [-0.15, -0.1) is 0 Å². The Bertz CT molecular complexity index is 2400. The van der Waals surface area contributed by atoms with E-state index in [0.717, 1.165) is 205 Å². The lowest BCUT2D eigenvalue weighted by Crippen LogP contribution is -2.30. The number of carbonyl (C=O) groups excluding carboxylic acids is 3. The summed E-state index contributed by atoms with van der Waals surface area (Å²) in [4.78, 5) is 58.6. The largest absolute Gasteiger partial charge is 0.472 e. The van der Waals surface area contributed by atoms with Crippen molar-refractivity contribution in [1.29, 1.82) is 0 Å². The Morgan fingerprint density at radius 1 is 0.289 bits per heavy atom. The van der Waals surface area contributed by atoms with Crippen molar-refractivity contribution in [1.82, 2.24) is 0 Å². The molecule has 0 aliphatic carbocycles. The molecule has 97 heavy (non-hydrogen) atoms. The summed E-state index contributed by atoms with van der Waals surface area (Å²) in [6, 6.07) is 0. The molecule has 0 amide bonds. The van der Waals surface area contributed by atoms with Crippen LogP contribution < -0.4 is 0 Å². The zero-order chi connectivity index (χ0) is 70.9. The molecule has 0 aromatic rings. The number of phosphoric acid groups is 2. The summed E-state index contributed by atoms with van der Waals surface area (Å²) in [6.07, 6.45) is 87.1. The normalized spacial score (nSPS) is 15.0.